The predicted molar refractivity (Wildman–Crippen MR) is 83.0 cm³/mol. The first kappa shape index (κ1) is 15.4. The molecule has 0 amide bonds. The first-order valence-electron chi connectivity index (χ1n) is 6.58. The monoisotopic (exact) mass is 313 g/mol. The fraction of sp³-hybridized carbons (Fsp3) is 0.538. The molecule has 0 aliphatic heterocycles. The summed E-state index contributed by atoms with van der Waals surface area (Å²) >= 11 is 8.06. The molecule has 20 heavy (non-hydrogen) atoms. The lowest BCUT2D eigenvalue weighted by molar-refractivity contribution is 0.534. The number of aryl methyl sites for hydroxylation is 4. The molecular weight excluding hydrogens is 294 g/mol. The van der Waals surface area contributed by atoms with E-state index in [1.807, 2.05) is 32.5 Å². The molecule has 2 rings (SSSR count). The summed E-state index contributed by atoms with van der Waals surface area (Å²) in [4.78, 5) is 5.61. The lowest BCUT2D eigenvalue weighted by Gasteiger charge is -2.15. The highest BCUT2D eigenvalue weighted by Crippen LogP contribution is 2.30. The second-order valence-electron chi connectivity index (χ2n) is 4.79. The predicted octanol–water partition coefficient (Wildman–Crippen LogP) is 2.46. The number of nitrogens with one attached hydrogen (secondary N) is 1. The standard InChI is InChI=1S/C13H20ClN5S/c1-5-9-12(14)11(19(4)18-9)6-10(17-15)13-7(2)16-8(3)20-13/h10,17H,5-6,15H2,1-4H3. The van der Waals surface area contributed by atoms with Crippen LogP contribution in [0.1, 0.15) is 39.9 Å². The minimum atomic E-state index is -0.00111. The first-order chi connectivity index (χ1) is 9.47. The van der Waals surface area contributed by atoms with Gasteiger partial charge in [-0.25, -0.2) is 4.98 Å². The summed E-state index contributed by atoms with van der Waals surface area (Å²) in [5, 5.41) is 6.23. The van der Waals surface area contributed by atoms with E-state index in [2.05, 4.69) is 15.5 Å². The molecule has 0 aliphatic carbocycles. The van der Waals surface area contributed by atoms with Crippen molar-refractivity contribution in [1.29, 1.82) is 0 Å². The Morgan fingerprint density at radius 1 is 1.45 bits per heavy atom. The number of rotatable bonds is 5. The van der Waals surface area contributed by atoms with Crippen LogP contribution in [0.5, 0.6) is 0 Å². The Labute approximate surface area is 128 Å². The Hall–Kier alpha value is -0.950. The highest BCUT2D eigenvalue weighted by atomic mass is 35.5. The molecule has 7 heteroatoms. The van der Waals surface area contributed by atoms with E-state index >= 15 is 0 Å². The molecule has 0 spiro atoms. The molecule has 0 saturated carbocycles. The second kappa shape index (κ2) is 6.22. The Bertz CT molecular complexity index is 604. The smallest absolute Gasteiger partial charge is 0.0900 e. The van der Waals surface area contributed by atoms with Gasteiger partial charge in [-0.3, -0.25) is 16.0 Å². The van der Waals surface area contributed by atoms with Gasteiger partial charge in [-0.2, -0.15) is 5.10 Å². The van der Waals surface area contributed by atoms with Crippen molar-refractivity contribution in [2.45, 2.75) is 39.7 Å². The molecule has 3 N–H and O–H groups in total. The lowest BCUT2D eigenvalue weighted by Crippen LogP contribution is -2.30. The average molecular weight is 314 g/mol. The molecule has 1 unspecified atom stereocenters. The largest absolute Gasteiger partial charge is 0.271 e. The lowest BCUT2D eigenvalue weighted by atomic mass is 10.1. The normalized spacial score (nSPS) is 12.9. The van der Waals surface area contributed by atoms with Crippen molar-refractivity contribution in [3.63, 3.8) is 0 Å². The summed E-state index contributed by atoms with van der Waals surface area (Å²) < 4.78 is 1.84. The Balaban J connectivity index is 2.31. The Morgan fingerprint density at radius 2 is 2.15 bits per heavy atom. The van der Waals surface area contributed by atoms with Gasteiger partial charge >= 0.3 is 0 Å². The zero-order valence-electron chi connectivity index (χ0n) is 12.2. The molecule has 110 valence electrons. The second-order valence-corrected chi connectivity index (χ2v) is 6.40. The average Bonchev–Trinajstić information content (AvgIpc) is 2.87. The highest BCUT2D eigenvalue weighted by molar-refractivity contribution is 7.11. The molecule has 1 atom stereocenters. The topological polar surface area (TPSA) is 68.8 Å². The molecule has 0 bridgehead atoms. The van der Waals surface area contributed by atoms with E-state index in [1.165, 1.54) is 0 Å². The first-order valence-corrected chi connectivity index (χ1v) is 7.77. The number of nitrogens with two attached hydrogens (primary N) is 1. The van der Waals surface area contributed by atoms with Crippen molar-refractivity contribution in [3.8, 4) is 0 Å². The molecule has 2 aromatic heterocycles. The zero-order valence-corrected chi connectivity index (χ0v) is 13.8. The number of aromatic nitrogens is 3. The number of hydrogen-bond acceptors (Lipinski definition) is 5. The van der Waals surface area contributed by atoms with Crippen molar-refractivity contribution in [2.75, 3.05) is 0 Å². The van der Waals surface area contributed by atoms with Gasteiger partial charge in [0.1, 0.15) is 0 Å². The maximum atomic E-state index is 6.40. The molecule has 0 aliphatic rings. The van der Waals surface area contributed by atoms with E-state index in [9.17, 15) is 0 Å². The van der Waals surface area contributed by atoms with Crippen LogP contribution >= 0.6 is 22.9 Å². The molecule has 0 fully saturated rings. The molecule has 0 saturated heterocycles. The van der Waals surface area contributed by atoms with Gasteiger partial charge in [-0.05, 0) is 20.3 Å². The number of nitrogens with zero attached hydrogens (tertiary/aromatic N) is 3. The van der Waals surface area contributed by atoms with E-state index in [0.717, 1.165) is 38.4 Å². The van der Waals surface area contributed by atoms with Crippen LogP contribution in [0.2, 0.25) is 5.02 Å². The minimum absolute atomic E-state index is 0.00111. The zero-order chi connectivity index (χ0) is 14.9. The molecule has 2 heterocycles. The van der Waals surface area contributed by atoms with Crippen LogP contribution in [0.15, 0.2) is 0 Å². The Kier molecular flexibility index (Phi) is 4.80. The third-order valence-electron chi connectivity index (χ3n) is 3.36. The van der Waals surface area contributed by atoms with Gasteiger partial charge in [-0.1, -0.05) is 18.5 Å². The summed E-state index contributed by atoms with van der Waals surface area (Å²) in [6.07, 6.45) is 1.52. The Morgan fingerprint density at radius 3 is 2.60 bits per heavy atom. The van der Waals surface area contributed by atoms with Crippen LogP contribution in [0.3, 0.4) is 0 Å². The van der Waals surface area contributed by atoms with Crippen LogP contribution in [-0.2, 0) is 19.9 Å². The number of thiazole rings is 1. The quantitative estimate of drug-likeness (QED) is 0.657. The summed E-state index contributed by atoms with van der Waals surface area (Å²) in [6, 6.07) is -0.00111. The molecule has 0 radical (unpaired) electrons. The molecule has 0 aromatic carbocycles. The van der Waals surface area contributed by atoms with Crippen molar-refractivity contribution in [2.24, 2.45) is 12.9 Å². The molecular formula is C13H20ClN5S. The minimum Gasteiger partial charge on any atom is -0.271 e. The van der Waals surface area contributed by atoms with Crippen LogP contribution in [0, 0.1) is 13.8 Å². The molecule has 2 aromatic rings. The fourth-order valence-corrected chi connectivity index (χ4v) is 3.69. The number of halogens is 1. The summed E-state index contributed by atoms with van der Waals surface area (Å²) in [6.45, 7) is 6.06. The van der Waals surface area contributed by atoms with E-state index in [1.54, 1.807) is 11.3 Å². The van der Waals surface area contributed by atoms with E-state index in [4.69, 9.17) is 17.4 Å². The van der Waals surface area contributed by atoms with E-state index in [-0.39, 0.29) is 6.04 Å². The van der Waals surface area contributed by atoms with Gasteiger partial charge < -0.3 is 0 Å². The van der Waals surface area contributed by atoms with Crippen molar-refractivity contribution in [1.82, 2.24) is 20.2 Å². The van der Waals surface area contributed by atoms with Gasteiger partial charge in [-0.15, -0.1) is 11.3 Å². The van der Waals surface area contributed by atoms with Crippen LogP contribution < -0.4 is 11.3 Å². The van der Waals surface area contributed by atoms with E-state index < -0.39 is 0 Å². The SMILES string of the molecule is CCc1nn(C)c(CC(NN)c2sc(C)nc2C)c1Cl. The summed E-state index contributed by atoms with van der Waals surface area (Å²) in [5.74, 6) is 5.73. The van der Waals surface area contributed by atoms with Crippen molar-refractivity contribution < 1.29 is 0 Å². The van der Waals surface area contributed by atoms with Gasteiger partial charge in [0.2, 0.25) is 0 Å². The van der Waals surface area contributed by atoms with Crippen molar-refractivity contribution >= 4 is 22.9 Å². The van der Waals surface area contributed by atoms with Gasteiger partial charge in [0.05, 0.1) is 33.2 Å². The van der Waals surface area contributed by atoms with Gasteiger partial charge in [0, 0.05) is 18.3 Å². The maximum absolute atomic E-state index is 6.40. The number of hydrazine groups is 1. The number of hydrogen-bond donors (Lipinski definition) is 2. The van der Waals surface area contributed by atoms with E-state index in [0.29, 0.717) is 6.42 Å². The molecule has 5 nitrogen and oxygen atoms in total. The maximum Gasteiger partial charge on any atom is 0.0900 e. The van der Waals surface area contributed by atoms with Gasteiger partial charge in [0.15, 0.2) is 0 Å². The third kappa shape index (κ3) is 2.88. The summed E-state index contributed by atoms with van der Waals surface area (Å²) in [7, 11) is 1.92. The van der Waals surface area contributed by atoms with Gasteiger partial charge in [0.25, 0.3) is 0 Å². The van der Waals surface area contributed by atoms with Crippen LogP contribution in [-0.4, -0.2) is 14.8 Å². The van der Waals surface area contributed by atoms with Crippen molar-refractivity contribution in [3.05, 3.63) is 32.0 Å². The van der Waals surface area contributed by atoms with Crippen LogP contribution in [0.4, 0.5) is 0 Å². The fourth-order valence-electron chi connectivity index (χ4n) is 2.33. The third-order valence-corrected chi connectivity index (χ3v) is 4.98. The highest BCUT2D eigenvalue weighted by Gasteiger charge is 2.21. The van der Waals surface area contributed by atoms with Crippen LogP contribution in [0.25, 0.3) is 0 Å². The summed E-state index contributed by atoms with van der Waals surface area (Å²) in [5.41, 5.74) is 5.82.